The molecule has 1 unspecified atom stereocenters. The van der Waals surface area contributed by atoms with Crippen molar-refractivity contribution in [3.05, 3.63) is 23.8 Å². The molecular weight excluding hydrogens is 240 g/mol. The summed E-state index contributed by atoms with van der Waals surface area (Å²) in [5.41, 5.74) is 1.21. The Labute approximate surface area is 116 Å². The van der Waals surface area contributed by atoms with Gasteiger partial charge in [0.15, 0.2) is 11.5 Å². The molecule has 19 heavy (non-hydrogen) atoms. The first-order chi connectivity index (χ1) is 9.12. The molecule has 4 nitrogen and oxygen atoms in total. The second-order valence-corrected chi connectivity index (χ2v) is 4.69. The van der Waals surface area contributed by atoms with Crippen LogP contribution >= 0.6 is 0 Å². The maximum absolute atomic E-state index is 5.33. The molecule has 4 heteroatoms. The smallest absolute Gasteiger partial charge is 0.161 e. The third-order valence-corrected chi connectivity index (χ3v) is 3.39. The molecule has 0 bridgehead atoms. The zero-order valence-corrected chi connectivity index (χ0v) is 12.7. The van der Waals surface area contributed by atoms with E-state index in [1.165, 1.54) is 5.56 Å². The third kappa shape index (κ3) is 4.73. The summed E-state index contributed by atoms with van der Waals surface area (Å²) < 4.78 is 10.6. The zero-order valence-electron chi connectivity index (χ0n) is 12.7. The maximum atomic E-state index is 5.33. The number of nitrogens with one attached hydrogen (secondary N) is 1. The molecule has 0 fully saturated rings. The molecule has 0 amide bonds. The monoisotopic (exact) mass is 266 g/mol. The fourth-order valence-electron chi connectivity index (χ4n) is 1.87. The average molecular weight is 266 g/mol. The van der Waals surface area contributed by atoms with Gasteiger partial charge >= 0.3 is 0 Å². The lowest BCUT2D eigenvalue weighted by molar-refractivity contribution is 0.341. The van der Waals surface area contributed by atoms with Crippen molar-refractivity contribution in [2.75, 3.05) is 40.9 Å². The van der Waals surface area contributed by atoms with Gasteiger partial charge < -0.3 is 19.7 Å². The number of rotatable bonds is 8. The molecule has 0 saturated heterocycles. The van der Waals surface area contributed by atoms with E-state index in [1.54, 1.807) is 14.2 Å². The van der Waals surface area contributed by atoms with Crippen molar-refractivity contribution >= 4 is 0 Å². The number of likely N-dealkylation sites (N-methyl/N-ethyl adjacent to an activating group) is 1. The third-order valence-electron chi connectivity index (χ3n) is 3.39. The van der Waals surface area contributed by atoms with Gasteiger partial charge in [0.1, 0.15) is 0 Å². The first-order valence-corrected chi connectivity index (χ1v) is 6.76. The molecule has 1 aromatic carbocycles. The number of hydrogen-bond acceptors (Lipinski definition) is 4. The van der Waals surface area contributed by atoms with Gasteiger partial charge in [0, 0.05) is 19.1 Å². The van der Waals surface area contributed by atoms with Crippen LogP contribution in [0.1, 0.15) is 25.5 Å². The maximum Gasteiger partial charge on any atom is 0.161 e. The Hall–Kier alpha value is -1.26. The Morgan fingerprint density at radius 3 is 2.47 bits per heavy atom. The highest BCUT2D eigenvalue weighted by Gasteiger charge is 2.09. The predicted molar refractivity (Wildman–Crippen MR) is 79.1 cm³/mol. The van der Waals surface area contributed by atoms with E-state index in [-0.39, 0.29) is 0 Å². The first-order valence-electron chi connectivity index (χ1n) is 6.76. The second-order valence-electron chi connectivity index (χ2n) is 4.69. The van der Waals surface area contributed by atoms with E-state index in [4.69, 9.17) is 9.47 Å². The van der Waals surface area contributed by atoms with Crippen molar-refractivity contribution in [3.63, 3.8) is 0 Å². The lowest BCUT2D eigenvalue weighted by atomic mass is 10.1. The van der Waals surface area contributed by atoms with Crippen LogP contribution in [0.3, 0.4) is 0 Å². The van der Waals surface area contributed by atoms with E-state index in [0.29, 0.717) is 6.04 Å². The average Bonchev–Trinajstić information content (AvgIpc) is 2.45. The van der Waals surface area contributed by atoms with Crippen LogP contribution in [0.2, 0.25) is 0 Å². The summed E-state index contributed by atoms with van der Waals surface area (Å²) in [6.45, 7) is 7.42. The summed E-state index contributed by atoms with van der Waals surface area (Å²) >= 11 is 0. The molecule has 0 heterocycles. The van der Waals surface area contributed by atoms with Gasteiger partial charge in [0.05, 0.1) is 14.2 Å². The first kappa shape index (κ1) is 15.8. The highest BCUT2D eigenvalue weighted by molar-refractivity contribution is 5.43. The van der Waals surface area contributed by atoms with Crippen LogP contribution < -0.4 is 14.8 Å². The molecule has 0 aliphatic rings. The van der Waals surface area contributed by atoms with Gasteiger partial charge in [-0.25, -0.2) is 0 Å². The fourth-order valence-corrected chi connectivity index (χ4v) is 1.87. The van der Waals surface area contributed by atoms with Gasteiger partial charge in [0.2, 0.25) is 0 Å². The molecule has 0 aliphatic heterocycles. The van der Waals surface area contributed by atoms with Crippen LogP contribution in [0.15, 0.2) is 18.2 Å². The number of methoxy groups -OCH3 is 2. The van der Waals surface area contributed by atoms with Gasteiger partial charge in [-0.05, 0) is 38.2 Å². The van der Waals surface area contributed by atoms with Crippen molar-refractivity contribution in [3.8, 4) is 11.5 Å². The van der Waals surface area contributed by atoms with Gasteiger partial charge in [-0.2, -0.15) is 0 Å². The zero-order chi connectivity index (χ0) is 14.3. The van der Waals surface area contributed by atoms with Crippen LogP contribution in [0.25, 0.3) is 0 Å². The Morgan fingerprint density at radius 2 is 1.89 bits per heavy atom. The van der Waals surface area contributed by atoms with Crippen molar-refractivity contribution in [1.82, 2.24) is 10.2 Å². The van der Waals surface area contributed by atoms with Crippen molar-refractivity contribution < 1.29 is 9.47 Å². The standard InChI is InChI=1S/C15H26N2O2/c1-6-17(3)10-9-16-12(2)13-7-8-14(18-4)15(11-13)19-5/h7-8,11-12,16H,6,9-10H2,1-5H3. The normalized spacial score (nSPS) is 12.5. The Morgan fingerprint density at radius 1 is 1.21 bits per heavy atom. The highest BCUT2D eigenvalue weighted by atomic mass is 16.5. The summed E-state index contributed by atoms with van der Waals surface area (Å²) in [5.74, 6) is 1.54. The van der Waals surface area contributed by atoms with E-state index < -0.39 is 0 Å². The SMILES string of the molecule is CCN(C)CCNC(C)c1ccc(OC)c(OC)c1. The molecule has 1 aromatic rings. The van der Waals surface area contributed by atoms with Gasteiger partial charge in [-0.3, -0.25) is 0 Å². The lowest BCUT2D eigenvalue weighted by Gasteiger charge is -2.19. The predicted octanol–water partition coefficient (Wildman–Crippen LogP) is 2.31. The second kappa shape index (κ2) is 8.02. The van der Waals surface area contributed by atoms with E-state index >= 15 is 0 Å². The summed E-state index contributed by atoms with van der Waals surface area (Å²) in [6.07, 6.45) is 0. The Bertz CT molecular complexity index is 382. The van der Waals surface area contributed by atoms with Crippen LogP contribution in [0, 0.1) is 0 Å². The molecule has 1 atom stereocenters. The minimum Gasteiger partial charge on any atom is -0.493 e. The number of nitrogens with zero attached hydrogens (tertiary/aromatic N) is 1. The molecule has 0 aliphatic carbocycles. The van der Waals surface area contributed by atoms with E-state index in [9.17, 15) is 0 Å². The Balaban J connectivity index is 2.59. The number of hydrogen-bond donors (Lipinski definition) is 1. The van der Waals surface area contributed by atoms with Gasteiger partial charge in [0.25, 0.3) is 0 Å². The van der Waals surface area contributed by atoms with E-state index in [0.717, 1.165) is 31.1 Å². The van der Waals surface area contributed by atoms with Gasteiger partial charge in [-0.15, -0.1) is 0 Å². The molecule has 0 radical (unpaired) electrons. The summed E-state index contributed by atoms with van der Waals surface area (Å²) in [5, 5.41) is 3.51. The molecule has 108 valence electrons. The van der Waals surface area contributed by atoms with Crippen molar-refractivity contribution in [1.29, 1.82) is 0 Å². The highest BCUT2D eigenvalue weighted by Crippen LogP contribution is 2.29. The topological polar surface area (TPSA) is 33.7 Å². The molecular formula is C15H26N2O2. The van der Waals surface area contributed by atoms with E-state index in [1.807, 2.05) is 12.1 Å². The van der Waals surface area contributed by atoms with Crippen molar-refractivity contribution in [2.45, 2.75) is 19.9 Å². The minimum absolute atomic E-state index is 0.296. The summed E-state index contributed by atoms with van der Waals surface area (Å²) in [6, 6.07) is 6.35. The largest absolute Gasteiger partial charge is 0.493 e. The van der Waals surface area contributed by atoms with Crippen LogP contribution in [-0.2, 0) is 0 Å². The van der Waals surface area contributed by atoms with Crippen LogP contribution in [0.5, 0.6) is 11.5 Å². The molecule has 0 saturated carbocycles. The number of benzene rings is 1. The summed E-state index contributed by atoms with van der Waals surface area (Å²) in [7, 11) is 5.44. The van der Waals surface area contributed by atoms with Crippen LogP contribution in [-0.4, -0.2) is 45.8 Å². The Kier molecular flexibility index (Phi) is 6.67. The molecule has 0 spiro atoms. The van der Waals surface area contributed by atoms with Crippen molar-refractivity contribution in [2.24, 2.45) is 0 Å². The molecule has 1 rings (SSSR count). The molecule has 1 N–H and O–H groups in total. The quantitative estimate of drug-likeness (QED) is 0.783. The summed E-state index contributed by atoms with van der Waals surface area (Å²) in [4.78, 5) is 2.29. The van der Waals surface area contributed by atoms with E-state index in [2.05, 4.69) is 37.2 Å². The lowest BCUT2D eigenvalue weighted by Crippen LogP contribution is -2.30. The fraction of sp³-hybridized carbons (Fsp3) is 0.600. The molecule has 0 aromatic heterocycles. The number of ether oxygens (including phenoxy) is 2. The van der Waals surface area contributed by atoms with Gasteiger partial charge in [-0.1, -0.05) is 13.0 Å². The van der Waals surface area contributed by atoms with Crippen LogP contribution in [0.4, 0.5) is 0 Å². The minimum atomic E-state index is 0.296.